The van der Waals surface area contributed by atoms with Crippen molar-refractivity contribution in [1.82, 2.24) is 9.97 Å². The van der Waals surface area contributed by atoms with Crippen molar-refractivity contribution in [1.29, 1.82) is 0 Å². The maximum absolute atomic E-state index is 12.4. The number of benzene rings is 1. The van der Waals surface area contributed by atoms with Crippen molar-refractivity contribution in [3.8, 4) is 0 Å². The van der Waals surface area contributed by atoms with Gasteiger partial charge in [-0.15, -0.1) is 11.3 Å². The lowest BCUT2D eigenvalue weighted by atomic mass is 10.2. The summed E-state index contributed by atoms with van der Waals surface area (Å²) in [7, 11) is 0. The van der Waals surface area contributed by atoms with Crippen molar-refractivity contribution >= 4 is 56.5 Å². The molecule has 2 N–H and O–H groups in total. The molecule has 6 nitrogen and oxygen atoms in total. The number of thioether (sulfide) groups is 1. The number of carbonyl (C=O) groups excluding carboxylic acids is 2. The summed E-state index contributed by atoms with van der Waals surface area (Å²) in [4.78, 5) is 35.4. The standard InChI is InChI=1S/C21H24N4O2S2/c1-5-16-24-20(19-12(3)13(4)29-21(19)25-16)28-11-18(27)23-15-9-7-14(8-10-15)22-17(26)6-2/h7-10H,5-6,11H2,1-4H3,(H,22,26)(H,23,27). The fourth-order valence-electron chi connectivity index (χ4n) is 2.73. The number of thiophene rings is 1. The molecule has 0 radical (unpaired) electrons. The summed E-state index contributed by atoms with van der Waals surface area (Å²) in [6, 6.07) is 7.10. The topological polar surface area (TPSA) is 84.0 Å². The first-order valence-corrected chi connectivity index (χ1v) is 11.3. The number of aryl methyl sites for hydroxylation is 3. The molecule has 0 unspecified atom stereocenters. The number of hydrogen-bond acceptors (Lipinski definition) is 6. The van der Waals surface area contributed by atoms with E-state index in [1.54, 1.807) is 42.5 Å². The van der Waals surface area contributed by atoms with Crippen LogP contribution in [0.3, 0.4) is 0 Å². The normalized spacial score (nSPS) is 10.9. The molecule has 152 valence electrons. The molecule has 0 spiro atoms. The Kier molecular flexibility index (Phi) is 6.87. The predicted molar refractivity (Wildman–Crippen MR) is 121 cm³/mol. The van der Waals surface area contributed by atoms with Crippen molar-refractivity contribution in [2.75, 3.05) is 16.4 Å². The smallest absolute Gasteiger partial charge is 0.234 e. The van der Waals surface area contributed by atoms with E-state index in [0.29, 0.717) is 17.8 Å². The molecule has 3 aromatic rings. The van der Waals surface area contributed by atoms with Crippen LogP contribution in [0.2, 0.25) is 0 Å². The van der Waals surface area contributed by atoms with Crippen LogP contribution in [0.15, 0.2) is 29.3 Å². The van der Waals surface area contributed by atoms with E-state index in [-0.39, 0.29) is 17.6 Å². The number of fused-ring (bicyclic) bond motifs is 1. The lowest BCUT2D eigenvalue weighted by Crippen LogP contribution is -2.14. The molecule has 0 aliphatic carbocycles. The van der Waals surface area contributed by atoms with Gasteiger partial charge in [0.1, 0.15) is 15.7 Å². The number of rotatable bonds is 7. The Bertz CT molecular complexity index is 1050. The Balaban J connectivity index is 1.67. The number of nitrogens with one attached hydrogen (secondary N) is 2. The van der Waals surface area contributed by atoms with E-state index in [1.807, 2.05) is 6.92 Å². The molecule has 2 heterocycles. The van der Waals surface area contributed by atoms with Gasteiger partial charge in [0.25, 0.3) is 0 Å². The summed E-state index contributed by atoms with van der Waals surface area (Å²) in [6.45, 7) is 7.99. The summed E-state index contributed by atoms with van der Waals surface area (Å²) >= 11 is 3.11. The first kappa shape index (κ1) is 21.3. The summed E-state index contributed by atoms with van der Waals surface area (Å²) in [5.41, 5.74) is 2.58. The summed E-state index contributed by atoms with van der Waals surface area (Å²) in [6.07, 6.45) is 1.18. The lowest BCUT2D eigenvalue weighted by Gasteiger charge is -2.08. The van der Waals surface area contributed by atoms with Crippen molar-refractivity contribution in [3.05, 3.63) is 40.5 Å². The third kappa shape index (κ3) is 5.13. The number of hydrogen-bond donors (Lipinski definition) is 2. The van der Waals surface area contributed by atoms with E-state index >= 15 is 0 Å². The molecule has 0 aliphatic heterocycles. The van der Waals surface area contributed by atoms with E-state index in [2.05, 4.69) is 34.4 Å². The van der Waals surface area contributed by atoms with Crippen LogP contribution in [0.4, 0.5) is 11.4 Å². The fourth-order valence-corrected chi connectivity index (χ4v) is 4.75. The van der Waals surface area contributed by atoms with E-state index in [1.165, 1.54) is 22.2 Å². The van der Waals surface area contributed by atoms with Gasteiger partial charge in [-0.3, -0.25) is 9.59 Å². The van der Waals surface area contributed by atoms with E-state index in [9.17, 15) is 9.59 Å². The molecule has 1 aromatic carbocycles. The highest BCUT2D eigenvalue weighted by molar-refractivity contribution is 8.00. The molecule has 2 aromatic heterocycles. The van der Waals surface area contributed by atoms with Crippen molar-refractivity contribution in [3.63, 3.8) is 0 Å². The van der Waals surface area contributed by atoms with Crippen LogP contribution < -0.4 is 10.6 Å². The maximum atomic E-state index is 12.4. The highest BCUT2D eigenvalue weighted by atomic mass is 32.2. The summed E-state index contributed by atoms with van der Waals surface area (Å²) in [5.74, 6) is 0.915. The number of carbonyl (C=O) groups is 2. The van der Waals surface area contributed by atoms with Crippen LogP contribution in [0.25, 0.3) is 10.2 Å². The molecular weight excluding hydrogens is 404 g/mol. The zero-order chi connectivity index (χ0) is 21.0. The predicted octanol–water partition coefficient (Wildman–Crippen LogP) is 4.95. The first-order valence-electron chi connectivity index (χ1n) is 9.50. The third-order valence-corrected chi connectivity index (χ3v) is 6.55. The van der Waals surface area contributed by atoms with Gasteiger partial charge in [-0.25, -0.2) is 9.97 Å². The van der Waals surface area contributed by atoms with Crippen LogP contribution >= 0.6 is 23.1 Å². The molecule has 0 atom stereocenters. The van der Waals surface area contributed by atoms with E-state index in [0.717, 1.165) is 27.5 Å². The molecule has 0 bridgehead atoms. The molecule has 0 aliphatic rings. The second-order valence-corrected chi connectivity index (χ2v) is 8.75. The van der Waals surface area contributed by atoms with Gasteiger partial charge in [-0.2, -0.15) is 0 Å². The number of anilines is 2. The van der Waals surface area contributed by atoms with Crippen LogP contribution in [0.5, 0.6) is 0 Å². The Morgan fingerprint density at radius 3 is 2.21 bits per heavy atom. The molecule has 0 saturated heterocycles. The monoisotopic (exact) mass is 428 g/mol. The van der Waals surface area contributed by atoms with Crippen molar-refractivity contribution in [2.45, 2.75) is 45.6 Å². The minimum absolute atomic E-state index is 0.0419. The Morgan fingerprint density at radius 2 is 1.62 bits per heavy atom. The maximum Gasteiger partial charge on any atom is 0.234 e. The highest BCUT2D eigenvalue weighted by Crippen LogP contribution is 2.35. The van der Waals surface area contributed by atoms with Gasteiger partial charge in [0.2, 0.25) is 11.8 Å². The first-order chi connectivity index (χ1) is 13.9. The van der Waals surface area contributed by atoms with E-state index in [4.69, 9.17) is 0 Å². The van der Waals surface area contributed by atoms with Crippen molar-refractivity contribution in [2.24, 2.45) is 0 Å². The average Bonchev–Trinajstić information content (AvgIpc) is 3.01. The van der Waals surface area contributed by atoms with Crippen molar-refractivity contribution < 1.29 is 9.59 Å². The zero-order valence-electron chi connectivity index (χ0n) is 17.0. The molecule has 3 rings (SSSR count). The second-order valence-electron chi connectivity index (χ2n) is 6.58. The number of aromatic nitrogens is 2. The number of nitrogens with zero attached hydrogens (tertiary/aromatic N) is 2. The number of amides is 2. The van der Waals surface area contributed by atoms with Crippen LogP contribution in [-0.2, 0) is 16.0 Å². The Labute approximate surface area is 178 Å². The molecular formula is C21H24N4O2S2. The van der Waals surface area contributed by atoms with Gasteiger partial charge in [-0.05, 0) is 43.7 Å². The Morgan fingerprint density at radius 1 is 1.00 bits per heavy atom. The van der Waals surface area contributed by atoms with Gasteiger partial charge in [-0.1, -0.05) is 25.6 Å². The quantitative estimate of drug-likeness (QED) is 0.411. The van der Waals surface area contributed by atoms with Crippen LogP contribution in [-0.4, -0.2) is 27.5 Å². The fraction of sp³-hybridized carbons (Fsp3) is 0.333. The molecule has 2 amide bonds. The van der Waals surface area contributed by atoms with Crippen LogP contribution in [0, 0.1) is 13.8 Å². The van der Waals surface area contributed by atoms with Gasteiger partial charge < -0.3 is 10.6 Å². The highest BCUT2D eigenvalue weighted by Gasteiger charge is 2.16. The average molecular weight is 429 g/mol. The molecule has 0 saturated carbocycles. The van der Waals surface area contributed by atoms with Gasteiger partial charge in [0.05, 0.1) is 5.75 Å². The summed E-state index contributed by atoms with van der Waals surface area (Å²) in [5, 5.41) is 7.59. The van der Waals surface area contributed by atoms with Crippen LogP contribution in [0.1, 0.15) is 36.5 Å². The minimum atomic E-state index is -0.102. The second kappa shape index (κ2) is 9.37. The summed E-state index contributed by atoms with van der Waals surface area (Å²) < 4.78 is 0. The lowest BCUT2D eigenvalue weighted by molar-refractivity contribution is -0.116. The van der Waals surface area contributed by atoms with Gasteiger partial charge >= 0.3 is 0 Å². The van der Waals surface area contributed by atoms with Gasteiger partial charge in [0, 0.05) is 34.5 Å². The molecule has 8 heteroatoms. The third-order valence-electron chi connectivity index (χ3n) is 4.47. The molecule has 29 heavy (non-hydrogen) atoms. The van der Waals surface area contributed by atoms with Gasteiger partial charge in [0.15, 0.2) is 0 Å². The zero-order valence-corrected chi connectivity index (χ0v) is 18.6. The molecule has 0 fully saturated rings. The minimum Gasteiger partial charge on any atom is -0.326 e. The Hall–Kier alpha value is -2.45. The largest absolute Gasteiger partial charge is 0.326 e. The van der Waals surface area contributed by atoms with E-state index < -0.39 is 0 Å². The SMILES string of the molecule is CCC(=O)Nc1ccc(NC(=O)CSc2nc(CC)nc3sc(C)c(C)c23)cc1.